The van der Waals surface area contributed by atoms with Gasteiger partial charge in [0.15, 0.2) is 6.04 Å². The molecule has 0 bridgehead atoms. The van der Waals surface area contributed by atoms with E-state index in [1.54, 1.807) is 24.3 Å². The molecule has 1 atom stereocenters. The second kappa shape index (κ2) is 7.38. The van der Waals surface area contributed by atoms with Gasteiger partial charge in [0.05, 0.1) is 13.2 Å². The summed E-state index contributed by atoms with van der Waals surface area (Å²) in [7, 11) is 1.37. The number of benzene rings is 1. The summed E-state index contributed by atoms with van der Waals surface area (Å²) in [5, 5.41) is 11.3. The van der Waals surface area contributed by atoms with Crippen LogP contribution in [-0.4, -0.2) is 43.3 Å². The summed E-state index contributed by atoms with van der Waals surface area (Å²) in [4.78, 5) is 22.7. The van der Waals surface area contributed by atoms with Gasteiger partial charge < -0.3 is 19.9 Å². The van der Waals surface area contributed by atoms with Gasteiger partial charge in [0.25, 0.3) is 5.91 Å². The van der Waals surface area contributed by atoms with Crippen LogP contribution in [0, 0.1) is 0 Å². The molecule has 0 aliphatic heterocycles. The molecule has 2 N–H and O–H groups in total. The first kappa shape index (κ1) is 15.0. The zero-order chi connectivity index (χ0) is 14.3. The fraction of sp³-hybridized carbons (Fsp3) is 0.385. The standard InChI is InChI=1S/C13H17NO5/c1-3-19-10-6-4-9(5-7-10)12(15)14-11(8-18-2)13(16)17/h4-7,11H,3,8H2,1-2H3,(H,14,15)(H,16,17). The molecule has 0 aliphatic carbocycles. The van der Waals surface area contributed by atoms with Gasteiger partial charge in [-0.25, -0.2) is 4.79 Å². The third kappa shape index (κ3) is 4.59. The summed E-state index contributed by atoms with van der Waals surface area (Å²) in [6.45, 7) is 2.32. The van der Waals surface area contributed by atoms with E-state index in [4.69, 9.17) is 14.6 Å². The average molecular weight is 267 g/mol. The number of aliphatic carboxylic acids is 1. The molecule has 0 heterocycles. The highest BCUT2D eigenvalue weighted by Gasteiger charge is 2.20. The third-order valence-electron chi connectivity index (χ3n) is 2.36. The van der Waals surface area contributed by atoms with Gasteiger partial charge in [-0.05, 0) is 31.2 Å². The minimum atomic E-state index is -1.14. The van der Waals surface area contributed by atoms with Gasteiger partial charge in [-0.2, -0.15) is 0 Å². The smallest absolute Gasteiger partial charge is 0.328 e. The first-order valence-electron chi connectivity index (χ1n) is 5.84. The van der Waals surface area contributed by atoms with E-state index in [0.717, 1.165) is 0 Å². The lowest BCUT2D eigenvalue weighted by molar-refractivity contribution is -0.140. The largest absolute Gasteiger partial charge is 0.494 e. The maximum atomic E-state index is 11.8. The predicted octanol–water partition coefficient (Wildman–Crippen LogP) is 0.915. The first-order valence-corrected chi connectivity index (χ1v) is 5.84. The molecule has 0 aliphatic rings. The van der Waals surface area contributed by atoms with Crippen LogP contribution in [0.1, 0.15) is 17.3 Å². The fourth-order valence-electron chi connectivity index (χ4n) is 1.45. The fourth-order valence-corrected chi connectivity index (χ4v) is 1.45. The van der Waals surface area contributed by atoms with Crippen molar-refractivity contribution < 1.29 is 24.2 Å². The van der Waals surface area contributed by atoms with Crippen molar-refractivity contribution in [1.82, 2.24) is 5.32 Å². The van der Waals surface area contributed by atoms with E-state index in [1.807, 2.05) is 6.92 Å². The van der Waals surface area contributed by atoms with Crippen LogP contribution in [0.5, 0.6) is 5.75 Å². The van der Waals surface area contributed by atoms with Crippen LogP contribution in [0.25, 0.3) is 0 Å². The van der Waals surface area contributed by atoms with Gasteiger partial charge in [0.1, 0.15) is 5.75 Å². The van der Waals surface area contributed by atoms with E-state index in [9.17, 15) is 9.59 Å². The topological polar surface area (TPSA) is 84.9 Å². The molecule has 6 heteroatoms. The van der Waals surface area contributed by atoms with Gasteiger partial charge in [-0.15, -0.1) is 0 Å². The molecule has 0 saturated carbocycles. The molecule has 0 fully saturated rings. The van der Waals surface area contributed by atoms with Gasteiger partial charge in [0, 0.05) is 12.7 Å². The van der Waals surface area contributed by atoms with Crippen molar-refractivity contribution in [1.29, 1.82) is 0 Å². The Morgan fingerprint density at radius 1 is 1.32 bits per heavy atom. The van der Waals surface area contributed by atoms with Crippen LogP contribution in [0.4, 0.5) is 0 Å². The van der Waals surface area contributed by atoms with Crippen molar-refractivity contribution in [3.63, 3.8) is 0 Å². The van der Waals surface area contributed by atoms with Crippen molar-refractivity contribution in [2.45, 2.75) is 13.0 Å². The van der Waals surface area contributed by atoms with Crippen LogP contribution < -0.4 is 10.1 Å². The number of rotatable bonds is 7. The quantitative estimate of drug-likeness (QED) is 0.767. The van der Waals surface area contributed by atoms with Gasteiger partial charge in [0.2, 0.25) is 0 Å². The van der Waals surface area contributed by atoms with Crippen molar-refractivity contribution in [3.05, 3.63) is 29.8 Å². The van der Waals surface area contributed by atoms with Crippen molar-refractivity contribution in [2.24, 2.45) is 0 Å². The summed E-state index contributed by atoms with van der Waals surface area (Å²) in [5.74, 6) is -0.945. The highest BCUT2D eigenvalue weighted by atomic mass is 16.5. The molecule has 1 unspecified atom stereocenters. The van der Waals surface area contributed by atoms with E-state index < -0.39 is 17.9 Å². The molecule has 19 heavy (non-hydrogen) atoms. The summed E-state index contributed by atoms with van der Waals surface area (Å²) >= 11 is 0. The molecule has 1 amide bonds. The lowest BCUT2D eigenvalue weighted by Gasteiger charge is -2.13. The molecule has 0 spiro atoms. The van der Waals surface area contributed by atoms with Gasteiger partial charge >= 0.3 is 5.97 Å². The van der Waals surface area contributed by atoms with Crippen LogP contribution in [0.3, 0.4) is 0 Å². The van der Waals surface area contributed by atoms with Crippen LogP contribution in [-0.2, 0) is 9.53 Å². The molecular formula is C13H17NO5. The number of carbonyl (C=O) groups is 2. The molecule has 0 radical (unpaired) electrons. The molecule has 104 valence electrons. The second-order valence-corrected chi connectivity index (χ2v) is 3.78. The molecule has 1 aromatic carbocycles. The van der Waals surface area contributed by atoms with Crippen LogP contribution in [0.2, 0.25) is 0 Å². The highest BCUT2D eigenvalue weighted by molar-refractivity contribution is 5.96. The van der Waals surface area contributed by atoms with E-state index in [0.29, 0.717) is 17.9 Å². The monoisotopic (exact) mass is 267 g/mol. The van der Waals surface area contributed by atoms with Crippen molar-refractivity contribution in [3.8, 4) is 5.75 Å². The number of carboxylic acids is 1. The number of hydrogen-bond acceptors (Lipinski definition) is 4. The Bertz CT molecular complexity index is 429. The number of carboxylic acid groups (broad SMARTS) is 1. The Labute approximate surface area is 111 Å². The summed E-state index contributed by atoms with van der Waals surface area (Å²) in [6, 6.07) is 5.40. The van der Waals surface area contributed by atoms with E-state index in [1.165, 1.54) is 7.11 Å². The molecule has 1 rings (SSSR count). The van der Waals surface area contributed by atoms with E-state index in [-0.39, 0.29) is 6.61 Å². The summed E-state index contributed by atoms with van der Waals surface area (Å²) in [6.07, 6.45) is 0. The Hall–Kier alpha value is -2.08. The maximum Gasteiger partial charge on any atom is 0.328 e. The van der Waals surface area contributed by atoms with E-state index >= 15 is 0 Å². The first-order chi connectivity index (χ1) is 9.08. The number of ether oxygens (including phenoxy) is 2. The minimum absolute atomic E-state index is 0.0852. The van der Waals surface area contributed by atoms with Gasteiger partial charge in [-0.1, -0.05) is 0 Å². The summed E-state index contributed by atoms with van der Waals surface area (Å²) in [5.41, 5.74) is 0.366. The number of nitrogens with one attached hydrogen (secondary N) is 1. The second-order valence-electron chi connectivity index (χ2n) is 3.78. The Kier molecular flexibility index (Phi) is 5.81. The SMILES string of the molecule is CCOc1ccc(C(=O)NC(COC)C(=O)O)cc1. The molecular weight excluding hydrogens is 250 g/mol. The number of hydrogen-bond donors (Lipinski definition) is 2. The number of methoxy groups -OCH3 is 1. The zero-order valence-electron chi connectivity index (χ0n) is 10.9. The Morgan fingerprint density at radius 2 is 1.95 bits per heavy atom. The predicted molar refractivity (Wildman–Crippen MR) is 68.4 cm³/mol. The normalized spacial score (nSPS) is 11.7. The van der Waals surface area contributed by atoms with E-state index in [2.05, 4.69) is 5.32 Å². The Morgan fingerprint density at radius 3 is 2.42 bits per heavy atom. The van der Waals surface area contributed by atoms with Crippen molar-refractivity contribution >= 4 is 11.9 Å². The number of carbonyl (C=O) groups excluding carboxylic acids is 1. The third-order valence-corrected chi connectivity index (χ3v) is 2.36. The molecule has 0 saturated heterocycles. The lowest BCUT2D eigenvalue weighted by atomic mass is 10.2. The Balaban J connectivity index is 2.68. The van der Waals surface area contributed by atoms with Crippen LogP contribution >= 0.6 is 0 Å². The molecule has 0 aromatic heterocycles. The minimum Gasteiger partial charge on any atom is -0.494 e. The van der Waals surface area contributed by atoms with Crippen LogP contribution in [0.15, 0.2) is 24.3 Å². The maximum absolute atomic E-state index is 11.8. The highest BCUT2D eigenvalue weighted by Crippen LogP contribution is 2.12. The zero-order valence-corrected chi connectivity index (χ0v) is 10.9. The average Bonchev–Trinajstić information content (AvgIpc) is 2.39. The number of amides is 1. The van der Waals surface area contributed by atoms with Gasteiger partial charge in [-0.3, -0.25) is 4.79 Å². The lowest BCUT2D eigenvalue weighted by Crippen LogP contribution is -2.43. The van der Waals surface area contributed by atoms with Crippen molar-refractivity contribution in [2.75, 3.05) is 20.3 Å². The summed E-state index contributed by atoms with van der Waals surface area (Å²) < 4.78 is 9.99. The molecule has 6 nitrogen and oxygen atoms in total. The molecule has 1 aromatic rings.